The second-order valence-corrected chi connectivity index (χ2v) is 5.40. The lowest BCUT2D eigenvalue weighted by atomic mass is 9.80. The molecule has 1 aliphatic carbocycles. The first-order chi connectivity index (χ1) is 8.69. The first kappa shape index (κ1) is 13.2. The zero-order valence-corrected chi connectivity index (χ0v) is 11.6. The predicted octanol–water partition coefficient (Wildman–Crippen LogP) is 3.72. The Morgan fingerprint density at radius 2 is 2.11 bits per heavy atom. The van der Waals surface area contributed by atoms with Crippen LogP contribution in [0.15, 0.2) is 18.2 Å². The topological polar surface area (TPSA) is 34.1 Å². The maximum atomic E-state index is 6.01. The molecule has 0 aliphatic heterocycles. The van der Waals surface area contributed by atoms with Gasteiger partial charge in [-0.05, 0) is 44.1 Å². The molecule has 0 amide bonds. The van der Waals surface area contributed by atoms with Crippen LogP contribution in [0.5, 0.6) is 5.88 Å². The molecule has 3 heteroatoms. The average Bonchev–Trinajstić information content (AvgIpc) is 2.35. The summed E-state index contributed by atoms with van der Waals surface area (Å²) < 4.78 is 6.01. The molecule has 3 nitrogen and oxygen atoms in total. The predicted molar refractivity (Wildman–Crippen MR) is 75.0 cm³/mol. The molecule has 0 spiro atoms. The van der Waals surface area contributed by atoms with E-state index in [2.05, 4.69) is 31.1 Å². The highest BCUT2D eigenvalue weighted by Gasteiger charge is 2.25. The van der Waals surface area contributed by atoms with Gasteiger partial charge in [0.1, 0.15) is 11.9 Å². The van der Waals surface area contributed by atoms with Crippen molar-refractivity contribution in [2.45, 2.75) is 46.1 Å². The summed E-state index contributed by atoms with van der Waals surface area (Å²) in [4.78, 5) is 4.47. The number of hydrogen-bond acceptors (Lipinski definition) is 3. The van der Waals surface area contributed by atoms with E-state index in [1.807, 2.05) is 18.2 Å². The van der Waals surface area contributed by atoms with E-state index in [9.17, 15) is 0 Å². The molecule has 1 aliphatic rings. The van der Waals surface area contributed by atoms with Gasteiger partial charge in [-0.1, -0.05) is 19.9 Å². The molecule has 0 saturated heterocycles. The Labute approximate surface area is 110 Å². The Bertz CT molecular complexity index is 381. The molecule has 100 valence electrons. The lowest BCUT2D eigenvalue weighted by Crippen LogP contribution is -2.29. The zero-order chi connectivity index (χ0) is 13.0. The quantitative estimate of drug-likeness (QED) is 0.882. The number of anilines is 1. The van der Waals surface area contributed by atoms with Crippen LogP contribution in [0.2, 0.25) is 0 Å². The van der Waals surface area contributed by atoms with Crippen LogP contribution in [0.25, 0.3) is 0 Å². The first-order valence-corrected chi connectivity index (χ1v) is 7.06. The van der Waals surface area contributed by atoms with Gasteiger partial charge in [-0.2, -0.15) is 4.98 Å². The number of rotatable bonds is 4. The van der Waals surface area contributed by atoms with E-state index >= 15 is 0 Å². The summed E-state index contributed by atoms with van der Waals surface area (Å²) in [6, 6.07) is 5.92. The zero-order valence-electron chi connectivity index (χ0n) is 11.6. The van der Waals surface area contributed by atoms with Crippen molar-refractivity contribution in [1.82, 2.24) is 4.98 Å². The van der Waals surface area contributed by atoms with E-state index in [0.29, 0.717) is 6.10 Å². The minimum absolute atomic E-state index is 0.334. The number of ether oxygens (including phenoxy) is 1. The number of nitrogens with one attached hydrogen (secondary N) is 1. The smallest absolute Gasteiger partial charge is 0.215 e. The molecule has 1 N–H and O–H groups in total. The lowest BCUT2D eigenvalue weighted by molar-refractivity contribution is 0.0966. The highest BCUT2D eigenvalue weighted by molar-refractivity contribution is 5.36. The molecule has 18 heavy (non-hydrogen) atoms. The molecule has 1 heterocycles. The van der Waals surface area contributed by atoms with Crippen LogP contribution in [0, 0.1) is 11.8 Å². The highest BCUT2D eigenvalue weighted by atomic mass is 16.5. The largest absolute Gasteiger partial charge is 0.474 e. The van der Waals surface area contributed by atoms with Crippen molar-refractivity contribution in [3.8, 4) is 5.88 Å². The molecule has 1 fully saturated rings. The summed E-state index contributed by atoms with van der Waals surface area (Å²) in [5.41, 5.74) is 0. The van der Waals surface area contributed by atoms with Gasteiger partial charge < -0.3 is 10.1 Å². The second-order valence-electron chi connectivity index (χ2n) is 5.40. The third-order valence-corrected chi connectivity index (χ3v) is 3.92. The van der Waals surface area contributed by atoms with E-state index in [1.165, 1.54) is 6.42 Å². The van der Waals surface area contributed by atoms with Crippen LogP contribution in [0.1, 0.15) is 40.0 Å². The SMILES string of the molecule is CCNc1cccc(OC2CCC(C)C(C)C2)n1. The van der Waals surface area contributed by atoms with E-state index in [1.54, 1.807) is 0 Å². The molecule has 3 atom stereocenters. The molecule has 3 unspecified atom stereocenters. The van der Waals surface area contributed by atoms with E-state index in [4.69, 9.17) is 4.74 Å². The second kappa shape index (κ2) is 6.07. The van der Waals surface area contributed by atoms with Gasteiger partial charge in [0.25, 0.3) is 0 Å². The Hall–Kier alpha value is -1.25. The Morgan fingerprint density at radius 1 is 1.28 bits per heavy atom. The standard InChI is InChI=1S/C15H24N2O/c1-4-16-14-6-5-7-15(17-14)18-13-9-8-11(2)12(3)10-13/h5-7,11-13H,4,8-10H2,1-3H3,(H,16,17). The average molecular weight is 248 g/mol. The number of aromatic nitrogens is 1. The molecule has 0 aromatic carbocycles. The fourth-order valence-electron chi connectivity index (χ4n) is 2.54. The summed E-state index contributed by atoms with van der Waals surface area (Å²) in [6.45, 7) is 7.61. The molecule has 1 aromatic heterocycles. The highest BCUT2D eigenvalue weighted by Crippen LogP contribution is 2.31. The third-order valence-electron chi connectivity index (χ3n) is 3.92. The van der Waals surface area contributed by atoms with Gasteiger partial charge in [-0.15, -0.1) is 0 Å². The molecule has 1 saturated carbocycles. The van der Waals surface area contributed by atoms with Gasteiger partial charge in [-0.3, -0.25) is 0 Å². The van der Waals surface area contributed by atoms with Gasteiger partial charge in [0, 0.05) is 12.6 Å². The van der Waals surface area contributed by atoms with Crippen LogP contribution >= 0.6 is 0 Å². The van der Waals surface area contributed by atoms with Crippen LogP contribution in [0.3, 0.4) is 0 Å². The maximum Gasteiger partial charge on any atom is 0.215 e. The van der Waals surface area contributed by atoms with Gasteiger partial charge >= 0.3 is 0 Å². The van der Waals surface area contributed by atoms with Crippen LogP contribution in [-0.4, -0.2) is 17.6 Å². The lowest BCUT2D eigenvalue weighted by Gasteiger charge is -2.31. The Kier molecular flexibility index (Phi) is 4.45. The summed E-state index contributed by atoms with van der Waals surface area (Å²) >= 11 is 0. The third kappa shape index (κ3) is 3.37. The monoisotopic (exact) mass is 248 g/mol. The summed E-state index contributed by atoms with van der Waals surface area (Å²) in [5.74, 6) is 3.22. The van der Waals surface area contributed by atoms with Gasteiger partial charge in [-0.25, -0.2) is 0 Å². The van der Waals surface area contributed by atoms with Crippen molar-refractivity contribution in [1.29, 1.82) is 0 Å². The van der Waals surface area contributed by atoms with Crippen molar-refractivity contribution < 1.29 is 4.74 Å². The fourth-order valence-corrected chi connectivity index (χ4v) is 2.54. The summed E-state index contributed by atoms with van der Waals surface area (Å²) in [7, 11) is 0. The molecule has 1 aromatic rings. The minimum Gasteiger partial charge on any atom is -0.474 e. The van der Waals surface area contributed by atoms with Crippen molar-refractivity contribution >= 4 is 5.82 Å². The molecular formula is C15H24N2O. The van der Waals surface area contributed by atoms with Crippen LogP contribution < -0.4 is 10.1 Å². The molecular weight excluding hydrogens is 224 g/mol. The number of pyridine rings is 1. The van der Waals surface area contributed by atoms with E-state index < -0.39 is 0 Å². The van der Waals surface area contributed by atoms with E-state index in [-0.39, 0.29) is 0 Å². The molecule has 0 radical (unpaired) electrons. The Morgan fingerprint density at radius 3 is 2.83 bits per heavy atom. The van der Waals surface area contributed by atoms with Crippen molar-refractivity contribution in [3.05, 3.63) is 18.2 Å². The fraction of sp³-hybridized carbons (Fsp3) is 0.667. The molecule has 0 bridgehead atoms. The van der Waals surface area contributed by atoms with E-state index in [0.717, 1.165) is 42.9 Å². The number of hydrogen-bond donors (Lipinski definition) is 1. The first-order valence-electron chi connectivity index (χ1n) is 7.06. The van der Waals surface area contributed by atoms with Crippen molar-refractivity contribution in [3.63, 3.8) is 0 Å². The summed E-state index contributed by atoms with van der Waals surface area (Å²) in [6.07, 6.45) is 3.90. The van der Waals surface area contributed by atoms with Crippen LogP contribution in [-0.2, 0) is 0 Å². The Balaban J connectivity index is 1.94. The normalized spacial score (nSPS) is 27.8. The van der Waals surface area contributed by atoms with Gasteiger partial charge in [0.05, 0.1) is 0 Å². The minimum atomic E-state index is 0.334. The van der Waals surface area contributed by atoms with Crippen molar-refractivity contribution in [2.75, 3.05) is 11.9 Å². The van der Waals surface area contributed by atoms with Gasteiger partial charge in [0.2, 0.25) is 5.88 Å². The summed E-state index contributed by atoms with van der Waals surface area (Å²) in [5, 5.41) is 3.21. The van der Waals surface area contributed by atoms with Crippen molar-refractivity contribution in [2.24, 2.45) is 11.8 Å². The van der Waals surface area contributed by atoms with Gasteiger partial charge in [0.15, 0.2) is 0 Å². The maximum absolute atomic E-state index is 6.01. The number of nitrogens with zero attached hydrogens (tertiary/aromatic N) is 1. The van der Waals surface area contributed by atoms with Crippen LogP contribution in [0.4, 0.5) is 5.82 Å². The molecule has 2 rings (SSSR count).